The molecule has 1 aliphatic rings. The Balaban J connectivity index is 1.48. The van der Waals surface area contributed by atoms with Gasteiger partial charge in [0.1, 0.15) is 18.1 Å². The van der Waals surface area contributed by atoms with Crippen LogP contribution in [0.5, 0.6) is 0 Å². The van der Waals surface area contributed by atoms with Crippen molar-refractivity contribution < 1.29 is 28.7 Å². The first-order valence-electron chi connectivity index (χ1n) is 10.4. The highest BCUT2D eigenvalue weighted by molar-refractivity contribution is 8.18. The van der Waals surface area contributed by atoms with Gasteiger partial charge in [-0.05, 0) is 79.2 Å². The van der Waals surface area contributed by atoms with Gasteiger partial charge in [-0.15, -0.1) is 0 Å². The second-order valence-corrected chi connectivity index (χ2v) is 9.22. The molecule has 2 heterocycles. The van der Waals surface area contributed by atoms with Crippen LogP contribution >= 0.6 is 23.4 Å². The predicted molar refractivity (Wildman–Crippen MR) is 133 cm³/mol. The summed E-state index contributed by atoms with van der Waals surface area (Å²) in [5.74, 6) is -1.65. The number of aromatic carboxylic acids is 1. The molecule has 0 atom stereocenters. The Morgan fingerprint density at radius 2 is 1.86 bits per heavy atom. The number of carbonyl (C=O) groups is 4. The van der Waals surface area contributed by atoms with E-state index in [1.165, 1.54) is 24.3 Å². The molecule has 3 aromatic rings. The smallest absolute Gasteiger partial charge is 0.335 e. The summed E-state index contributed by atoms with van der Waals surface area (Å²) in [6.45, 7) is 3.45. The SMILES string of the molecule is Cc1ccc(NC(=O)CN2C(=O)S/C(=C\c3ccc(-c4cc(C(=O)O)ccc4Cl)o3)C2=O)cc1C. The van der Waals surface area contributed by atoms with Gasteiger partial charge in [-0.25, -0.2) is 4.79 Å². The number of hydrogen-bond acceptors (Lipinski definition) is 6. The lowest BCUT2D eigenvalue weighted by Crippen LogP contribution is -2.36. The van der Waals surface area contributed by atoms with Gasteiger partial charge < -0.3 is 14.8 Å². The normalized spacial score (nSPS) is 14.6. The van der Waals surface area contributed by atoms with Crippen LogP contribution in [0.1, 0.15) is 27.2 Å². The number of anilines is 1. The van der Waals surface area contributed by atoms with Gasteiger partial charge in [0.15, 0.2) is 0 Å². The summed E-state index contributed by atoms with van der Waals surface area (Å²) >= 11 is 6.88. The van der Waals surface area contributed by atoms with Gasteiger partial charge in [-0.3, -0.25) is 19.3 Å². The summed E-state index contributed by atoms with van der Waals surface area (Å²) in [5, 5.41) is 11.6. The predicted octanol–water partition coefficient (Wildman–Crippen LogP) is 5.59. The number of rotatable bonds is 6. The molecule has 0 unspecified atom stereocenters. The van der Waals surface area contributed by atoms with E-state index in [9.17, 15) is 24.3 Å². The van der Waals surface area contributed by atoms with Crippen molar-refractivity contribution in [2.45, 2.75) is 13.8 Å². The van der Waals surface area contributed by atoms with Crippen LogP contribution in [0, 0.1) is 13.8 Å². The molecule has 1 aromatic heterocycles. The highest BCUT2D eigenvalue weighted by Crippen LogP contribution is 2.35. The third-order valence-electron chi connectivity index (χ3n) is 5.34. The van der Waals surface area contributed by atoms with Gasteiger partial charge in [0, 0.05) is 17.3 Å². The van der Waals surface area contributed by atoms with Gasteiger partial charge in [0.2, 0.25) is 5.91 Å². The maximum absolute atomic E-state index is 12.8. The molecule has 0 spiro atoms. The largest absolute Gasteiger partial charge is 0.478 e. The van der Waals surface area contributed by atoms with Crippen molar-refractivity contribution in [3.8, 4) is 11.3 Å². The number of carboxylic acid groups (broad SMARTS) is 1. The maximum Gasteiger partial charge on any atom is 0.335 e. The zero-order valence-electron chi connectivity index (χ0n) is 18.6. The lowest BCUT2D eigenvalue weighted by molar-refractivity contribution is -0.127. The number of furan rings is 1. The van der Waals surface area contributed by atoms with E-state index in [4.69, 9.17) is 16.0 Å². The van der Waals surface area contributed by atoms with Crippen molar-refractivity contribution >= 4 is 58.1 Å². The Morgan fingerprint density at radius 1 is 1.09 bits per heavy atom. The molecule has 8 nitrogen and oxygen atoms in total. The monoisotopic (exact) mass is 510 g/mol. The Kier molecular flexibility index (Phi) is 6.81. The first kappa shape index (κ1) is 24.3. The number of imide groups is 1. The fourth-order valence-corrected chi connectivity index (χ4v) is 4.38. The van der Waals surface area contributed by atoms with E-state index in [0.29, 0.717) is 33.8 Å². The van der Waals surface area contributed by atoms with Crippen LogP contribution in [0.25, 0.3) is 17.4 Å². The van der Waals surface area contributed by atoms with Gasteiger partial charge >= 0.3 is 5.97 Å². The second-order valence-electron chi connectivity index (χ2n) is 7.82. The van der Waals surface area contributed by atoms with Crippen molar-refractivity contribution in [2.75, 3.05) is 11.9 Å². The fraction of sp³-hybridized carbons (Fsp3) is 0.120. The number of thioether (sulfide) groups is 1. The average molecular weight is 511 g/mol. The molecule has 4 rings (SSSR count). The van der Waals surface area contributed by atoms with Gasteiger partial charge in [0.05, 0.1) is 15.5 Å². The number of carboxylic acids is 1. The average Bonchev–Trinajstić information content (AvgIpc) is 3.36. The van der Waals surface area contributed by atoms with Crippen LogP contribution in [0.3, 0.4) is 0 Å². The van der Waals surface area contributed by atoms with Gasteiger partial charge in [-0.1, -0.05) is 17.7 Å². The fourth-order valence-electron chi connectivity index (χ4n) is 3.35. The van der Waals surface area contributed by atoms with E-state index < -0.39 is 29.6 Å². The Bertz CT molecular complexity index is 1410. The second kappa shape index (κ2) is 9.81. The molecule has 0 radical (unpaired) electrons. The summed E-state index contributed by atoms with van der Waals surface area (Å²) in [4.78, 5) is 49.8. The van der Waals surface area contributed by atoms with Crippen molar-refractivity contribution in [1.29, 1.82) is 0 Å². The number of halogens is 1. The standard InChI is InChI=1S/C25H19ClN2O6S/c1-13-3-5-16(9-14(13)2)27-22(29)12-28-23(30)21(35-25(28)33)11-17-6-8-20(34-17)18-10-15(24(31)32)4-7-19(18)26/h3-11H,12H2,1-2H3,(H,27,29)(H,31,32)/b21-11-. The molecule has 3 amide bonds. The van der Waals surface area contributed by atoms with Gasteiger partial charge in [0.25, 0.3) is 11.1 Å². The number of hydrogen-bond donors (Lipinski definition) is 2. The van der Waals surface area contributed by atoms with Crippen molar-refractivity contribution in [3.63, 3.8) is 0 Å². The van der Waals surface area contributed by atoms with Crippen LogP contribution < -0.4 is 5.32 Å². The summed E-state index contributed by atoms with van der Waals surface area (Å²) in [6.07, 6.45) is 1.39. The van der Waals surface area contributed by atoms with Crippen molar-refractivity contribution in [3.05, 3.63) is 80.9 Å². The maximum atomic E-state index is 12.8. The number of nitrogens with one attached hydrogen (secondary N) is 1. The van der Waals surface area contributed by atoms with E-state index in [1.807, 2.05) is 26.0 Å². The summed E-state index contributed by atoms with van der Waals surface area (Å²) in [6, 6.07) is 12.8. The van der Waals surface area contributed by atoms with Crippen LogP contribution in [-0.4, -0.2) is 39.6 Å². The van der Waals surface area contributed by atoms with E-state index >= 15 is 0 Å². The minimum absolute atomic E-state index is 0.0440. The summed E-state index contributed by atoms with van der Waals surface area (Å²) in [5.41, 5.74) is 3.09. The van der Waals surface area contributed by atoms with Crippen LogP contribution in [0.4, 0.5) is 10.5 Å². The van der Waals surface area contributed by atoms with Gasteiger partial charge in [-0.2, -0.15) is 0 Å². The van der Waals surface area contributed by atoms with Crippen molar-refractivity contribution in [2.24, 2.45) is 0 Å². The minimum atomic E-state index is -1.11. The quantitative estimate of drug-likeness (QED) is 0.415. The zero-order valence-corrected chi connectivity index (χ0v) is 20.2. The Morgan fingerprint density at radius 3 is 2.57 bits per heavy atom. The minimum Gasteiger partial charge on any atom is -0.478 e. The van der Waals surface area contributed by atoms with Crippen LogP contribution in [0.15, 0.2) is 57.9 Å². The molecule has 2 N–H and O–H groups in total. The first-order chi connectivity index (χ1) is 16.6. The molecule has 0 aliphatic carbocycles. The molecule has 2 aromatic carbocycles. The number of carbonyl (C=O) groups excluding carboxylic acids is 3. The molecular weight excluding hydrogens is 492 g/mol. The lowest BCUT2D eigenvalue weighted by atomic mass is 10.1. The number of aryl methyl sites for hydroxylation is 2. The number of nitrogens with zero attached hydrogens (tertiary/aromatic N) is 1. The summed E-state index contributed by atoms with van der Waals surface area (Å²) in [7, 11) is 0. The van der Waals surface area contributed by atoms with E-state index in [-0.39, 0.29) is 16.2 Å². The Hall–Kier alpha value is -3.82. The van der Waals surface area contributed by atoms with E-state index in [2.05, 4.69) is 5.32 Å². The summed E-state index contributed by atoms with van der Waals surface area (Å²) < 4.78 is 5.72. The molecule has 1 saturated heterocycles. The molecular formula is C25H19ClN2O6S. The first-order valence-corrected chi connectivity index (χ1v) is 11.6. The molecule has 1 fully saturated rings. The van der Waals surface area contributed by atoms with E-state index in [0.717, 1.165) is 16.0 Å². The van der Waals surface area contributed by atoms with Crippen LogP contribution in [-0.2, 0) is 9.59 Å². The third kappa shape index (κ3) is 5.31. The lowest BCUT2D eigenvalue weighted by Gasteiger charge is -2.13. The molecule has 1 aliphatic heterocycles. The highest BCUT2D eigenvalue weighted by Gasteiger charge is 2.36. The number of amides is 3. The molecule has 10 heteroatoms. The van der Waals surface area contributed by atoms with Crippen molar-refractivity contribution in [1.82, 2.24) is 4.90 Å². The molecule has 178 valence electrons. The zero-order chi connectivity index (χ0) is 25.3. The molecule has 0 saturated carbocycles. The highest BCUT2D eigenvalue weighted by atomic mass is 35.5. The topological polar surface area (TPSA) is 117 Å². The molecule has 0 bridgehead atoms. The third-order valence-corrected chi connectivity index (χ3v) is 6.58. The van der Waals surface area contributed by atoms with E-state index in [1.54, 1.807) is 18.2 Å². The molecule has 35 heavy (non-hydrogen) atoms. The Labute approximate surface area is 209 Å². The number of benzene rings is 2. The van der Waals surface area contributed by atoms with Crippen LogP contribution in [0.2, 0.25) is 5.02 Å².